The van der Waals surface area contributed by atoms with Gasteiger partial charge in [0.05, 0.1) is 0 Å². The van der Waals surface area contributed by atoms with E-state index in [1.807, 2.05) is 6.20 Å². The number of piperidine rings is 1. The lowest BCUT2D eigenvalue weighted by atomic mass is 9.95. The molecule has 1 aliphatic rings. The molecule has 2 rings (SSSR count). The molecule has 1 unspecified atom stereocenters. The quantitative estimate of drug-likeness (QED) is 0.814. The number of aromatic amines is 1. The third-order valence-electron chi connectivity index (χ3n) is 2.91. The number of nitrogens with one attached hydrogen (secondary N) is 1. The number of H-pyrrole nitrogens is 1. The van der Waals surface area contributed by atoms with Crippen molar-refractivity contribution in [2.24, 2.45) is 5.73 Å². The summed E-state index contributed by atoms with van der Waals surface area (Å²) in [4.78, 5) is 2.44. The summed E-state index contributed by atoms with van der Waals surface area (Å²) in [7, 11) is 0. The molecule has 0 spiro atoms. The molecule has 0 radical (unpaired) electrons. The molecule has 0 bridgehead atoms. The van der Waals surface area contributed by atoms with Crippen molar-refractivity contribution in [3.05, 3.63) is 18.0 Å². The first kappa shape index (κ1) is 12.5. The average Bonchev–Trinajstić information content (AvgIpc) is 2.71. The van der Waals surface area contributed by atoms with Gasteiger partial charge in [-0.05, 0) is 25.5 Å². The van der Waals surface area contributed by atoms with Gasteiger partial charge in [0.2, 0.25) is 0 Å². The van der Waals surface area contributed by atoms with Gasteiger partial charge in [-0.3, -0.25) is 5.10 Å². The standard InChI is InChI=1S/C10H18N4.ClH/c11-4-7-14-6-1-2-9(8-14)10-3-5-12-13-10;/h3,5,9H,1-2,4,6-8,11H2,(H,12,13);1H. The first-order valence-electron chi connectivity index (χ1n) is 5.32. The molecule has 1 aromatic heterocycles. The minimum atomic E-state index is 0. The maximum atomic E-state index is 5.56. The van der Waals surface area contributed by atoms with Gasteiger partial charge in [0.1, 0.15) is 0 Å². The molecule has 1 aromatic rings. The molecule has 5 heteroatoms. The number of nitrogens with two attached hydrogens (primary N) is 1. The molecular weight excluding hydrogens is 212 g/mol. The maximum Gasteiger partial charge on any atom is 0.0490 e. The van der Waals surface area contributed by atoms with Crippen LogP contribution in [0.25, 0.3) is 0 Å². The summed E-state index contributed by atoms with van der Waals surface area (Å²) in [5.74, 6) is 0.623. The number of likely N-dealkylation sites (tertiary alicyclic amines) is 1. The Bertz CT molecular complexity index is 260. The van der Waals surface area contributed by atoms with Gasteiger partial charge in [-0.2, -0.15) is 5.10 Å². The second kappa shape index (κ2) is 6.10. The lowest BCUT2D eigenvalue weighted by molar-refractivity contribution is 0.211. The van der Waals surface area contributed by atoms with Crippen LogP contribution in [0.15, 0.2) is 12.3 Å². The predicted octanol–water partition coefficient (Wildman–Crippen LogP) is 0.970. The Kier molecular flexibility index (Phi) is 5.08. The molecule has 0 aliphatic carbocycles. The van der Waals surface area contributed by atoms with Gasteiger partial charge in [0, 0.05) is 37.4 Å². The van der Waals surface area contributed by atoms with Gasteiger partial charge < -0.3 is 10.6 Å². The molecule has 0 saturated carbocycles. The molecule has 4 nitrogen and oxygen atoms in total. The predicted molar refractivity (Wildman–Crippen MR) is 63.3 cm³/mol. The van der Waals surface area contributed by atoms with Gasteiger partial charge in [-0.25, -0.2) is 0 Å². The van der Waals surface area contributed by atoms with Crippen molar-refractivity contribution in [1.82, 2.24) is 15.1 Å². The summed E-state index contributed by atoms with van der Waals surface area (Å²) in [6, 6.07) is 2.08. The van der Waals surface area contributed by atoms with Gasteiger partial charge in [0.15, 0.2) is 0 Å². The monoisotopic (exact) mass is 230 g/mol. The van der Waals surface area contributed by atoms with E-state index in [1.165, 1.54) is 25.1 Å². The van der Waals surface area contributed by atoms with Crippen LogP contribution in [0.1, 0.15) is 24.5 Å². The Hall–Kier alpha value is -0.580. The van der Waals surface area contributed by atoms with Gasteiger partial charge >= 0.3 is 0 Å². The molecular formula is C10H19ClN4. The topological polar surface area (TPSA) is 57.9 Å². The van der Waals surface area contributed by atoms with Crippen LogP contribution in [-0.2, 0) is 0 Å². The number of halogens is 1. The number of nitrogens with zero attached hydrogens (tertiary/aromatic N) is 2. The fraction of sp³-hybridized carbons (Fsp3) is 0.700. The van der Waals surface area contributed by atoms with Crippen molar-refractivity contribution in [2.45, 2.75) is 18.8 Å². The summed E-state index contributed by atoms with van der Waals surface area (Å²) >= 11 is 0. The molecule has 0 amide bonds. The summed E-state index contributed by atoms with van der Waals surface area (Å²) in [5, 5.41) is 7.06. The summed E-state index contributed by atoms with van der Waals surface area (Å²) in [6.07, 6.45) is 4.37. The third kappa shape index (κ3) is 3.19. The van der Waals surface area contributed by atoms with Gasteiger partial charge in [-0.15, -0.1) is 12.4 Å². The smallest absolute Gasteiger partial charge is 0.0490 e. The van der Waals surface area contributed by atoms with Gasteiger partial charge in [-0.1, -0.05) is 0 Å². The molecule has 1 fully saturated rings. The Balaban J connectivity index is 0.00000112. The first-order chi connectivity index (χ1) is 6.90. The highest BCUT2D eigenvalue weighted by atomic mass is 35.5. The van der Waals surface area contributed by atoms with E-state index in [-0.39, 0.29) is 12.4 Å². The molecule has 1 saturated heterocycles. The Morgan fingerprint density at radius 1 is 1.60 bits per heavy atom. The highest BCUT2D eigenvalue weighted by molar-refractivity contribution is 5.85. The number of hydrogen-bond donors (Lipinski definition) is 2. The highest BCUT2D eigenvalue weighted by Gasteiger charge is 2.21. The van der Waals surface area contributed by atoms with Crippen LogP contribution in [0.2, 0.25) is 0 Å². The SMILES string of the molecule is Cl.NCCN1CCCC(c2ccn[nH]2)C1. The van der Waals surface area contributed by atoms with Crippen molar-refractivity contribution in [1.29, 1.82) is 0 Å². The van der Waals surface area contributed by atoms with Crippen LogP contribution in [0.4, 0.5) is 0 Å². The number of rotatable bonds is 3. The van der Waals surface area contributed by atoms with Crippen molar-refractivity contribution < 1.29 is 0 Å². The minimum Gasteiger partial charge on any atom is -0.329 e. The maximum absolute atomic E-state index is 5.56. The summed E-state index contributed by atoms with van der Waals surface area (Å²) < 4.78 is 0. The summed E-state index contributed by atoms with van der Waals surface area (Å²) in [5.41, 5.74) is 6.83. The van der Waals surface area contributed by atoms with Crippen LogP contribution >= 0.6 is 12.4 Å². The number of hydrogen-bond acceptors (Lipinski definition) is 3. The Morgan fingerprint density at radius 2 is 2.47 bits per heavy atom. The lowest BCUT2D eigenvalue weighted by Gasteiger charge is -2.31. The summed E-state index contributed by atoms with van der Waals surface area (Å²) in [6.45, 7) is 4.10. The van der Waals surface area contributed by atoms with E-state index in [9.17, 15) is 0 Å². The van der Waals surface area contributed by atoms with E-state index in [2.05, 4.69) is 21.2 Å². The highest BCUT2D eigenvalue weighted by Crippen LogP contribution is 2.24. The normalized spacial score (nSPS) is 22.3. The average molecular weight is 231 g/mol. The van der Waals surface area contributed by atoms with E-state index in [0.29, 0.717) is 5.92 Å². The van der Waals surface area contributed by atoms with Crippen LogP contribution in [0, 0.1) is 0 Å². The zero-order valence-electron chi connectivity index (χ0n) is 8.85. The van der Waals surface area contributed by atoms with Crippen LogP contribution < -0.4 is 5.73 Å². The van der Waals surface area contributed by atoms with Crippen LogP contribution in [0.3, 0.4) is 0 Å². The molecule has 1 aliphatic heterocycles. The fourth-order valence-electron chi connectivity index (χ4n) is 2.19. The Labute approximate surface area is 96.6 Å². The van der Waals surface area contributed by atoms with Gasteiger partial charge in [0.25, 0.3) is 0 Å². The molecule has 86 valence electrons. The fourth-order valence-corrected chi connectivity index (χ4v) is 2.19. The van der Waals surface area contributed by atoms with E-state index >= 15 is 0 Å². The van der Waals surface area contributed by atoms with E-state index < -0.39 is 0 Å². The molecule has 1 atom stereocenters. The largest absolute Gasteiger partial charge is 0.329 e. The zero-order valence-corrected chi connectivity index (χ0v) is 9.67. The lowest BCUT2D eigenvalue weighted by Crippen LogP contribution is -2.37. The minimum absolute atomic E-state index is 0. The molecule has 3 N–H and O–H groups in total. The van der Waals surface area contributed by atoms with Crippen molar-refractivity contribution in [2.75, 3.05) is 26.2 Å². The zero-order chi connectivity index (χ0) is 9.80. The van der Waals surface area contributed by atoms with Crippen LogP contribution in [-0.4, -0.2) is 41.3 Å². The molecule has 2 heterocycles. The molecule has 15 heavy (non-hydrogen) atoms. The second-order valence-corrected chi connectivity index (χ2v) is 3.94. The number of aromatic nitrogens is 2. The van der Waals surface area contributed by atoms with Crippen molar-refractivity contribution >= 4 is 12.4 Å². The first-order valence-corrected chi connectivity index (χ1v) is 5.32. The van der Waals surface area contributed by atoms with Crippen molar-refractivity contribution in [3.8, 4) is 0 Å². The Morgan fingerprint density at radius 3 is 3.13 bits per heavy atom. The van der Waals surface area contributed by atoms with E-state index in [0.717, 1.165) is 19.6 Å². The van der Waals surface area contributed by atoms with E-state index in [1.54, 1.807) is 0 Å². The third-order valence-corrected chi connectivity index (χ3v) is 2.91. The molecule has 0 aromatic carbocycles. The van der Waals surface area contributed by atoms with E-state index in [4.69, 9.17) is 5.73 Å². The van der Waals surface area contributed by atoms with Crippen LogP contribution in [0.5, 0.6) is 0 Å². The second-order valence-electron chi connectivity index (χ2n) is 3.94. The van der Waals surface area contributed by atoms with Crippen molar-refractivity contribution in [3.63, 3.8) is 0 Å².